The monoisotopic (exact) mass is 404 g/mol. The standard InChI is InChI=1S/C23H32O6/c1-11(2)22-16(28-22)17-23(29-17)20(5)8-6-13-14(10-26-18(13)24)15(20)7-9-21(23,25)19(22)27-12(3)4/h11-12,15-17,19,25H,6-10H2,1-5H3. The first-order valence-corrected chi connectivity index (χ1v) is 11.3. The molecule has 0 amide bonds. The van der Waals surface area contributed by atoms with E-state index in [2.05, 4.69) is 20.8 Å². The highest BCUT2D eigenvalue weighted by Crippen LogP contribution is 2.78. The lowest BCUT2D eigenvalue weighted by Crippen LogP contribution is -2.74. The number of hydrogen-bond acceptors (Lipinski definition) is 6. The van der Waals surface area contributed by atoms with Crippen molar-refractivity contribution >= 4 is 5.97 Å². The zero-order valence-electron chi connectivity index (χ0n) is 18.0. The summed E-state index contributed by atoms with van der Waals surface area (Å²) in [5.41, 5.74) is -0.480. The molecule has 3 aliphatic carbocycles. The summed E-state index contributed by atoms with van der Waals surface area (Å²) in [6.45, 7) is 11.0. The number of esters is 1. The number of cyclic esters (lactones) is 1. The molecule has 6 heteroatoms. The van der Waals surface area contributed by atoms with Crippen molar-refractivity contribution in [3.8, 4) is 0 Å². The van der Waals surface area contributed by atoms with Gasteiger partial charge in [-0.05, 0) is 56.9 Å². The van der Waals surface area contributed by atoms with Gasteiger partial charge in [0, 0.05) is 11.0 Å². The second kappa shape index (κ2) is 5.26. The fourth-order valence-electron chi connectivity index (χ4n) is 7.85. The lowest BCUT2D eigenvalue weighted by Gasteiger charge is -2.60. The summed E-state index contributed by atoms with van der Waals surface area (Å²) >= 11 is 0. The maximum atomic E-state index is 12.4. The molecular weight excluding hydrogens is 372 g/mol. The summed E-state index contributed by atoms with van der Waals surface area (Å²) in [5, 5.41) is 12.4. The van der Waals surface area contributed by atoms with Gasteiger partial charge >= 0.3 is 5.97 Å². The quantitative estimate of drug-likeness (QED) is 0.575. The molecule has 0 aromatic carbocycles. The normalized spacial score (nSPS) is 54.4. The van der Waals surface area contributed by atoms with Gasteiger partial charge in [-0.25, -0.2) is 4.79 Å². The summed E-state index contributed by atoms with van der Waals surface area (Å²) in [7, 11) is 0. The molecule has 6 nitrogen and oxygen atoms in total. The summed E-state index contributed by atoms with van der Waals surface area (Å²) in [4.78, 5) is 12.2. The average molecular weight is 405 g/mol. The number of aliphatic hydroxyl groups is 1. The molecule has 0 aromatic heterocycles. The molecule has 160 valence electrons. The summed E-state index contributed by atoms with van der Waals surface area (Å²) in [6, 6.07) is 0. The molecule has 0 aromatic rings. The minimum atomic E-state index is -1.09. The average Bonchev–Trinajstić information content (AvgIpc) is 3.52. The number of carbonyl (C=O) groups excluding carboxylic acids is 1. The Morgan fingerprint density at radius 3 is 2.59 bits per heavy atom. The molecule has 0 radical (unpaired) electrons. The van der Waals surface area contributed by atoms with Crippen LogP contribution in [0.4, 0.5) is 0 Å². The van der Waals surface area contributed by atoms with Crippen LogP contribution >= 0.6 is 0 Å². The maximum Gasteiger partial charge on any atom is 0.334 e. The molecule has 6 rings (SSSR count). The Balaban J connectivity index is 1.47. The number of rotatable bonds is 3. The van der Waals surface area contributed by atoms with Gasteiger partial charge in [-0.1, -0.05) is 20.8 Å². The summed E-state index contributed by atoms with van der Waals surface area (Å²) in [6.07, 6.45) is 2.38. The van der Waals surface area contributed by atoms with E-state index >= 15 is 0 Å². The van der Waals surface area contributed by atoms with Crippen molar-refractivity contribution in [1.82, 2.24) is 0 Å². The number of carbonyl (C=O) groups is 1. The number of fused-ring (bicyclic) bond motifs is 4. The molecule has 1 spiro atoms. The molecule has 2 saturated heterocycles. The second-order valence-electron chi connectivity index (χ2n) is 10.9. The molecular formula is C23H32O6. The van der Waals surface area contributed by atoms with Gasteiger partial charge in [0.05, 0.1) is 6.10 Å². The van der Waals surface area contributed by atoms with Crippen LogP contribution in [0.15, 0.2) is 11.1 Å². The van der Waals surface area contributed by atoms with Crippen LogP contribution in [0.3, 0.4) is 0 Å². The van der Waals surface area contributed by atoms with Crippen molar-refractivity contribution < 1.29 is 28.8 Å². The molecule has 0 bridgehead atoms. The second-order valence-corrected chi connectivity index (χ2v) is 10.9. The Morgan fingerprint density at radius 1 is 1.14 bits per heavy atom. The Hall–Kier alpha value is -0.950. The van der Waals surface area contributed by atoms with Crippen molar-refractivity contribution in [3.63, 3.8) is 0 Å². The Morgan fingerprint density at radius 2 is 1.90 bits per heavy atom. The lowest BCUT2D eigenvalue weighted by atomic mass is 9.45. The fraction of sp³-hybridized carbons (Fsp3) is 0.870. The molecule has 8 unspecified atom stereocenters. The Kier molecular flexibility index (Phi) is 3.41. The third kappa shape index (κ3) is 1.84. The highest BCUT2D eigenvalue weighted by molar-refractivity contribution is 5.92. The fourth-order valence-corrected chi connectivity index (χ4v) is 7.85. The van der Waals surface area contributed by atoms with Crippen LogP contribution in [0.1, 0.15) is 60.3 Å². The smallest absolute Gasteiger partial charge is 0.334 e. The first-order valence-electron chi connectivity index (χ1n) is 11.3. The van der Waals surface area contributed by atoms with E-state index in [4.69, 9.17) is 18.9 Å². The van der Waals surface area contributed by atoms with Crippen molar-refractivity contribution in [2.45, 2.75) is 102 Å². The minimum absolute atomic E-state index is 0.0103. The predicted molar refractivity (Wildman–Crippen MR) is 103 cm³/mol. The van der Waals surface area contributed by atoms with Gasteiger partial charge in [-0.3, -0.25) is 0 Å². The molecule has 6 aliphatic rings. The van der Waals surface area contributed by atoms with Gasteiger partial charge in [0.2, 0.25) is 0 Å². The summed E-state index contributed by atoms with van der Waals surface area (Å²) in [5.74, 6) is 0.283. The molecule has 1 N–H and O–H groups in total. The van der Waals surface area contributed by atoms with Crippen molar-refractivity contribution in [1.29, 1.82) is 0 Å². The first-order chi connectivity index (χ1) is 13.6. The van der Waals surface area contributed by atoms with Gasteiger partial charge in [-0.15, -0.1) is 0 Å². The van der Waals surface area contributed by atoms with Crippen LogP contribution < -0.4 is 0 Å². The number of epoxide rings is 2. The van der Waals surface area contributed by atoms with Crippen molar-refractivity contribution in [3.05, 3.63) is 11.1 Å². The van der Waals surface area contributed by atoms with E-state index in [1.54, 1.807) is 0 Å². The highest BCUT2D eigenvalue weighted by atomic mass is 16.7. The predicted octanol–water partition coefficient (Wildman–Crippen LogP) is 2.52. The van der Waals surface area contributed by atoms with Gasteiger partial charge < -0.3 is 24.1 Å². The van der Waals surface area contributed by atoms with E-state index in [9.17, 15) is 9.90 Å². The molecule has 3 aliphatic heterocycles. The van der Waals surface area contributed by atoms with E-state index in [0.717, 1.165) is 24.0 Å². The van der Waals surface area contributed by atoms with E-state index in [1.165, 1.54) is 0 Å². The molecule has 4 fully saturated rings. The van der Waals surface area contributed by atoms with Crippen LogP contribution in [0, 0.1) is 17.3 Å². The van der Waals surface area contributed by atoms with Crippen LogP contribution in [0.2, 0.25) is 0 Å². The zero-order chi connectivity index (χ0) is 20.6. The molecule has 8 atom stereocenters. The number of hydrogen-bond donors (Lipinski definition) is 1. The largest absolute Gasteiger partial charge is 0.458 e. The van der Waals surface area contributed by atoms with E-state index in [-0.39, 0.29) is 41.5 Å². The van der Waals surface area contributed by atoms with Crippen molar-refractivity contribution in [2.24, 2.45) is 17.3 Å². The number of ether oxygens (including phenoxy) is 4. The SMILES string of the molecule is CC(C)OC1C2(C(C)C)OC2C2OC23C2(C)CCC4=C(COC4=O)C2CCC13O. The Labute approximate surface area is 171 Å². The molecule has 2 saturated carbocycles. The third-order valence-electron chi connectivity index (χ3n) is 9.19. The zero-order valence-corrected chi connectivity index (χ0v) is 18.0. The first kappa shape index (κ1) is 18.8. The van der Waals surface area contributed by atoms with Gasteiger partial charge in [-0.2, -0.15) is 0 Å². The van der Waals surface area contributed by atoms with E-state index in [1.807, 2.05) is 13.8 Å². The van der Waals surface area contributed by atoms with E-state index < -0.39 is 22.9 Å². The summed E-state index contributed by atoms with van der Waals surface area (Å²) < 4.78 is 24.8. The third-order valence-corrected chi connectivity index (χ3v) is 9.19. The van der Waals surface area contributed by atoms with Crippen molar-refractivity contribution in [2.75, 3.05) is 6.61 Å². The van der Waals surface area contributed by atoms with Crippen LogP contribution in [0.25, 0.3) is 0 Å². The molecule has 3 heterocycles. The van der Waals surface area contributed by atoms with Crippen LogP contribution in [-0.2, 0) is 23.7 Å². The topological polar surface area (TPSA) is 80.8 Å². The van der Waals surface area contributed by atoms with Gasteiger partial charge in [0.25, 0.3) is 0 Å². The highest BCUT2D eigenvalue weighted by Gasteiger charge is 2.94. The van der Waals surface area contributed by atoms with Gasteiger partial charge in [0.1, 0.15) is 41.7 Å². The van der Waals surface area contributed by atoms with Crippen LogP contribution in [0.5, 0.6) is 0 Å². The lowest BCUT2D eigenvalue weighted by molar-refractivity contribution is -0.240. The van der Waals surface area contributed by atoms with Crippen LogP contribution in [-0.4, -0.2) is 58.9 Å². The van der Waals surface area contributed by atoms with E-state index in [0.29, 0.717) is 19.4 Å². The maximum absolute atomic E-state index is 12.4. The molecule has 29 heavy (non-hydrogen) atoms. The van der Waals surface area contributed by atoms with Gasteiger partial charge in [0.15, 0.2) is 0 Å². The minimum Gasteiger partial charge on any atom is -0.458 e. The Bertz CT molecular complexity index is 833.